The van der Waals surface area contributed by atoms with Gasteiger partial charge in [0.25, 0.3) is 5.69 Å². The van der Waals surface area contributed by atoms with Crippen molar-refractivity contribution in [3.05, 3.63) is 57.9 Å². The van der Waals surface area contributed by atoms with Crippen LogP contribution in [0.4, 0.5) is 11.5 Å². The number of non-ortho nitro benzene ring substituents is 1. The minimum absolute atomic E-state index is 0.0910. The highest BCUT2D eigenvalue weighted by Gasteiger charge is 2.15. The molecule has 0 saturated carbocycles. The molecule has 0 spiro atoms. The fraction of sp³-hybridized carbons (Fsp3) is 0.167. The first-order valence-corrected chi connectivity index (χ1v) is 8.17. The summed E-state index contributed by atoms with van der Waals surface area (Å²) in [5.41, 5.74) is 12.1. The summed E-state index contributed by atoms with van der Waals surface area (Å²) in [5.74, 6) is 1.71. The molecule has 1 heterocycles. The van der Waals surface area contributed by atoms with E-state index in [1.807, 2.05) is 0 Å². The average molecular weight is 382 g/mol. The average Bonchev–Trinajstić information content (AvgIpc) is 2.67. The monoisotopic (exact) mass is 382 g/mol. The second-order valence-electron chi connectivity index (χ2n) is 5.81. The Labute approximate surface area is 160 Å². The third kappa shape index (κ3) is 3.90. The standard InChI is InChI=1S/C18H18N6O4/c1-27-12-4-6-15(28-2)10(7-12)8-16-21-14-9-11(24(25)26)3-5-13(14)17(22-16)23-18(19)20/h3-7,9H,8H2,1-2H3,(H4,19,20,21,22,23). The second-order valence-corrected chi connectivity index (χ2v) is 5.81. The number of hydrogen-bond acceptors (Lipinski definition) is 7. The van der Waals surface area contributed by atoms with Gasteiger partial charge in [-0.25, -0.2) is 9.97 Å². The Kier molecular flexibility index (Phi) is 5.21. The molecule has 0 aliphatic carbocycles. The summed E-state index contributed by atoms with van der Waals surface area (Å²) in [6.07, 6.45) is 0.284. The number of benzene rings is 2. The molecule has 4 N–H and O–H groups in total. The smallest absolute Gasteiger partial charge is 0.271 e. The lowest BCUT2D eigenvalue weighted by molar-refractivity contribution is -0.384. The van der Waals surface area contributed by atoms with Crippen molar-refractivity contribution in [3.8, 4) is 11.5 Å². The molecule has 0 radical (unpaired) electrons. The first kappa shape index (κ1) is 18.8. The normalized spacial score (nSPS) is 10.5. The van der Waals surface area contributed by atoms with Crippen LogP contribution in [0.5, 0.6) is 11.5 Å². The van der Waals surface area contributed by atoms with Crippen LogP contribution in [0.25, 0.3) is 10.9 Å². The second kappa shape index (κ2) is 7.74. The lowest BCUT2D eigenvalue weighted by Gasteiger charge is -2.11. The van der Waals surface area contributed by atoms with E-state index in [1.165, 1.54) is 18.2 Å². The lowest BCUT2D eigenvalue weighted by Crippen LogP contribution is -2.22. The zero-order valence-electron chi connectivity index (χ0n) is 15.2. The van der Waals surface area contributed by atoms with E-state index < -0.39 is 4.92 Å². The van der Waals surface area contributed by atoms with Gasteiger partial charge in [-0.3, -0.25) is 10.1 Å². The molecular weight excluding hydrogens is 364 g/mol. The molecule has 3 aromatic rings. The lowest BCUT2D eigenvalue weighted by atomic mass is 10.1. The van der Waals surface area contributed by atoms with Gasteiger partial charge in [-0.2, -0.15) is 4.99 Å². The molecule has 0 unspecified atom stereocenters. The van der Waals surface area contributed by atoms with Gasteiger partial charge in [-0.1, -0.05) is 0 Å². The molecule has 0 amide bonds. The fourth-order valence-electron chi connectivity index (χ4n) is 2.74. The molecular formula is C18H18N6O4. The first-order valence-electron chi connectivity index (χ1n) is 8.17. The highest BCUT2D eigenvalue weighted by atomic mass is 16.6. The van der Waals surface area contributed by atoms with E-state index in [2.05, 4.69) is 15.0 Å². The van der Waals surface area contributed by atoms with Crippen LogP contribution in [-0.2, 0) is 6.42 Å². The quantitative estimate of drug-likeness (QED) is 0.284. The van der Waals surface area contributed by atoms with Crippen LogP contribution in [0.15, 0.2) is 41.4 Å². The molecule has 10 heteroatoms. The molecule has 3 rings (SSSR count). The predicted molar refractivity (Wildman–Crippen MR) is 104 cm³/mol. The summed E-state index contributed by atoms with van der Waals surface area (Å²) >= 11 is 0. The Morgan fingerprint density at radius 3 is 2.57 bits per heavy atom. The van der Waals surface area contributed by atoms with Crippen LogP contribution >= 0.6 is 0 Å². The molecule has 10 nitrogen and oxygen atoms in total. The maximum atomic E-state index is 11.1. The number of guanidine groups is 1. The van der Waals surface area contributed by atoms with Crippen molar-refractivity contribution in [1.82, 2.24) is 9.97 Å². The van der Waals surface area contributed by atoms with Gasteiger partial charge in [0.15, 0.2) is 11.8 Å². The van der Waals surface area contributed by atoms with Crippen molar-refractivity contribution >= 4 is 28.4 Å². The first-order chi connectivity index (χ1) is 13.4. The molecule has 0 aliphatic heterocycles. The van der Waals surface area contributed by atoms with Crippen molar-refractivity contribution in [2.45, 2.75) is 6.42 Å². The van der Waals surface area contributed by atoms with Crippen LogP contribution in [0.3, 0.4) is 0 Å². The number of ether oxygens (including phenoxy) is 2. The summed E-state index contributed by atoms with van der Waals surface area (Å²) in [6, 6.07) is 9.58. The van der Waals surface area contributed by atoms with Gasteiger partial charge in [0.05, 0.1) is 24.7 Å². The van der Waals surface area contributed by atoms with Gasteiger partial charge >= 0.3 is 0 Å². The van der Waals surface area contributed by atoms with Crippen molar-refractivity contribution < 1.29 is 14.4 Å². The number of methoxy groups -OCH3 is 2. The topological polar surface area (TPSA) is 152 Å². The van der Waals surface area contributed by atoms with Crippen LogP contribution in [0.1, 0.15) is 11.4 Å². The van der Waals surface area contributed by atoms with Gasteiger partial charge in [-0.05, 0) is 24.3 Å². The van der Waals surface area contributed by atoms with Gasteiger partial charge in [0.2, 0.25) is 0 Å². The third-order valence-corrected chi connectivity index (χ3v) is 3.99. The number of aromatic nitrogens is 2. The maximum absolute atomic E-state index is 11.1. The summed E-state index contributed by atoms with van der Waals surface area (Å²) in [4.78, 5) is 23.5. The van der Waals surface area contributed by atoms with E-state index in [9.17, 15) is 10.1 Å². The molecule has 28 heavy (non-hydrogen) atoms. The van der Waals surface area contributed by atoms with Crippen LogP contribution in [0, 0.1) is 10.1 Å². The van der Waals surface area contributed by atoms with E-state index in [4.69, 9.17) is 20.9 Å². The molecule has 144 valence electrons. The number of nitro groups is 1. The van der Waals surface area contributed by atoms with E-state index in [0.29, 0.717) is 28.2 Å². The predicted octanol–water partition coefficient (Wildman–Crippen LogP) is 2.05. The third-order valence-electron chi connectivity index (χ3n) is 3.99. The molecule has 0 fully saturated rings. The van der Waals surface area contributed by atoms with Crippen LogP contribution in [-0.4, -0.2) is 35.1 Å². The van der Waals surface area contributed by atoms with Gasteiger partial charge in [0.1, 0.15) is 17.3 Å². The number of nitrogens with zero attached hydrogens (tertiary/aromatic N) is 4. The van der Waals surface area contributed by atoms with Crippen molar-refractivity contribution in [3.63, 3.8) is 0 Å². The van der Waals surface area contributed by atoms with Crippen molar-refractivity contribution in [2.75, 3.05) is 14.2 Å². The zero-order valence-corrected chi connectivity index (χ0v) is 15.2. The SMILES string of the molecule is COc1ccc(OC)c(Cc2nc(N=C(N)N)c3ccc([N+](=O)[O-])cc3n2)c1. The number of nitro benzene ring substituents is 1. The van der Waals surface area contributed by atoms with E-state index >= 15 is 0 Å². The highest BCUT2D eigenvalue weighted by molar-refractivity contribution is 5.92. The summed E-state index contributed by atoms with van der Waals surface area (Å²) < 4.78 is 10.6. The van der Waals surface area contributed by atoms with Gasteiger partial charge in [0, 0.05) is 29.5 Å². The van der Waals surface area contributed by atoms with Crippen LogP contribution in [0.2, 0.25) is 0 Å². The Bertz CT molecular complexity index is 1080. The molecule has 2 aromatic carbocycles. The number of aliphatic imine (C=N–C) groups is 1. The van der Waals surface area contributed by atoms with Crippen molar-refractivity contribution in [1.29, 1.82) is 0 Å². The fourth-order valence-corrected chi connectivity index (χ4v) is 2.74. The summed E-state index contributed by atoms with van der Waals surface area (Å²) in [6.45, 7) is 0. The minimum Gasteiger partial charge on any atom is -0.497 e. The Morgan fingerprint density at radius 2 is 1.93 bits per heavy atom. The minimum atomic E-state index is -0.494. The molecule has 0 bridgehead atoms. The Hall–Kier alpha value is -3.95. The highest BCUT2D eigenvalue weighted by Crippen LogP contribution is 2.29. The van der Waals surface area contributed by atoms with Gasteiger partial charge < -0.3 is 20.9 Å². The molecule has 0 atom stereocenters. The summed E-state index contributed by atoms with van der Waals surface area (Å²) in [7, 11) is 3.12. The Morgan fingerprint density at radius 1 is 1.14 bits per heavy atom. The maximum Gasteiger partial charge on any atom is 0.271 e. The van der Waals surface area contributed by atoms with Crippen LogP contribution < -0.4 is 20.9 Å². The molecule has 0 aliphatic rings. The number of nitrogens with two attached hydrogens (primary N) is 2. The largest absolute Gasteiger partial charge is 0.497 e. The number of fused-ring (bicyclic) bond motifs is 1. The molecule has 1 aromatic heterocycles. The number of rotatable bonds is 6. The van der Waals surface area contributed by atoms with E-state index in [-0.39, 0.29) is 23.9 Å². The Balaban J connectivity index is 2.15. The summed E-state index contributed by atoms with van der Waals surface area (Å²) in [5, 5.41) is 11.6. The molecule has 0 saturated heterocycles. The van der Waals surface area contributed by atoms with Gasteiger partial charge in [-0.15, -0.1) is 0 Å². The number of hydrogen-bond donors (Lipinski definition) is 2. The van der Waals surface area contributed by atoms with E-state index in [1.54, 1.807) is 32.4 Å². The van der Waals surface area contributed by atoms with Crippen molar-refractivity contribution in [2.24, 2.45) is 16.5 Å². The van der Waals surface area contributed by atoms with E-state index in [0.717, 1.165) is 5.56 Å². The zero-order chi connectivity index (χ0) is 20.3.